The topological polar surface area (TPSA) is 0 Å². The van der Waals surface area contributed by atoms with Gasteiger partial charge in [-0.1, -0.05) is 0 Å². The minimum atomic E-state index is 0. The third-order valence-corrected chi connectivity index (χ3v) is 0.607. The molecule has 0 aliphatic rings. The van der Waals surface area contributed by atoms with Crippen molar-refractivity contribution in [3.05, 3.63) is 36.4 Å². The van der Waals surface area contributed by atoms with E-state index in [4.69, 9.17) is 0 Å². The Kier molecular flexibility index (Phi) is 10.6. The molecule has 8 heavy (non-hydrogen) atoms. The Balaban J connectivity index is 0. The van der Waals surface area contributed by atoms with E-state index in [1.165, 1.54) is 0 Å². The van der Waals surface area contributed by atoms with Crippen molar-refractivity contribution in [3.8, 4) is 0 Å². The third kappa shape index (κ3) is 4.66. The number of hydrogen-bond donors (Lipinski definition) is 0. The average molecular weight is 137 g/mol. The van der Waals surface area contributed by atoms with Crippen molar-refractivity contribution in [2.24, 2.45) is 0 Å². The maximum Gasteiger partial charge on any atom is 1.00 e. The van der Waals surface area contributed by atoms with Gasteiger partial charge in [0.25, 0.3) is 0 Å². The SMILES string of the molecule is Cl.[Na+].[c-]1ccccc1. The Labute approximate surface area is 78.0 Å². The van der Waals surface area contributed by atoms with Crippen LogP contribution in [0.5, 0.6) is 0 Å². The molecule has 1 rings (SSSR count). The van der Waals surface area contributed by atoms with Crippen LogP contribution in [0.3, 0.4) is 0 Å². The van der Waals surface area contributed by atoms with Gasteiger partial charge in [-0.15, -0.1) is 12.4 Å². The number of hydrogen-bond acceptors (Lipinski definition) is 0. The molecule has 38 valence electrons. The van der Waals surface area contributed by atoms with Crippen LogP contribution in [0.4, 0.5) is 0 Å². The van der Waals surface area contributed by atoms with E-state index in [1.807, 2.05) is 30.3 Å². The van der Waals surface area contributed by atoms with Crippen LogP contribution in [-0.2, 0) is 0 Å². The maximum atomic E-state index is 2.89. The Bertz CT molecular complexity index is 80.5. The van der Waals surface area contributed by atoms with E-state index in [0.29, 0.717) is 0 Å². The zero-order valence-corrected chi connectivity index (χ0v) is 7.61. The summed E-state index contributed by atoms with van der Waals surface area (Å²) in [6, 6.07) is 12.5. The van der Waals surface area contributed by atoms with Gasteiger partial charge in [0.2, 0.25) is 0 Å². The second-order valence-electron chi connectivity index (χ2n) is 1.08. The molecule has 0 amide bonds. The molecule has 0 heterocycles. The molecule has 0 saturated carbocycles. The monoisotopic (exact) mass is 136 g/mol. The molecule has 0 nitrogen and oxygen atoms in total. The summed E-state index contributed by atoms with van der Waals surface area (Å²) in [4.78, 5) is 0. The predicted octanol–water partition coefficient (Wildman–Crippen LogP) is -1.09. The number of rotatable bonds is 0. The minimum Gasteiger partial charge on any atom is -0.184 e. The van der Waals surface area contributed by atoms with Gasteiger partial charge in [0.1, 0.15) is 0 Å². The van der Waals surface area contributed by atoms with Gasteiger partial charge < -0.3 is 0 Å². The predicted molar refractivity (Wildman–Crippen MR) is 32.5 cm³/mol. The van der Waals surface area contributed by atoms with Crippen molar-refractivity contribution >= 4 is 12.4 Å². The molecule has 2 heteroatoms. The average Bonchev–Trinajstić information content (AvgIpc) is 1.72. The zero-order valence-electron chi connectivity index (χ0n) is 4.79. The van der Waals surface area contributed by atoms with Crippen LogP contribution >= 0.6 is 12.4 Å². The standard InChI is InChI=1S/C6H5.ClH.Na/c1-2-4-6-5-3-1;;/h1-5H;1H;/q-1;;+1. The van der Waals surface area contributed by atoms with Gasteiger partial charge in [-0.25, -0.2) is 0 Å². The molecule has 0 radical (unpaired) electrons. The molecule has 0 bridgehead atoms. The van der Waals surface area contributed by atoms with Gasteiger partial charge in [-0.2, -0.15) is 36.4 Å². The molecule has 0 saturated heterocycles. The van der Waals surface area contributed by atoms with Crippen LogP contribution in [0.1, 0.15) is 0 Å². The van der Waals surface area contributed by atoms with E-state index in [2.05, 4.69) is 6.07 Å². The van der Waals surface area contributed by atoms with Crippen molar-refractivity contribution < 1.29 is 29.6 Å². The summed E-state index contributed by atoms with van der Waals surface area (Å²) in [6.07, 6.45) is 0. The molecule has 0 aliphatic heterocycles. The maximum absolute atomic E-state index is 2.89. The summed E-state index contributed by atoms with van der Waals surface area (Å²) in [5.74, 6) is 0. The first-order valence-electron chi connectivity index (χ1n) is 1.91. The quantitative estimate of drug-likeness (QED) is 0.314. The van der Waals surface area contributed by atoms with Crippen molar-refractivity contribution in [2.75, 3.05) is 0 Å². The van der Waals surface area contributed by atoms with E-state index >= 15 is 0 Å². The van der Waals surface area contributed by atoms with E-state index < -0.39 is 0 Å². The Morgan fingerprint density at radius 1 is 0.875 bits per heavy atom. The van der Waals surface area contributed by atoms with Crippen LogP contribution in [0.15, 0.2) is 30.3 Å². The molecule has 1 aromatic carbocycles. The molecule has 0 atom stereocenters. The van der Waals surface area contributed by atoms with E-state index in [9.17, 15) is 0 Å². The summed E-state index contributed by atoms with van der Waals surface area (Å²) >= 11 is 0. The molecule has 0 N–H and O–H groups in total. The fourth-order valence-electron chi connectivity index (χ4n) is 0.342. The molecule has 0 fully saturated rings. The minimum absolute atomic E-state index is 0. The Hall–Kier alpha value is 0.510. The fraction of sp³-hybridized carbons (Fsp3) is 0. The number of halogens is 1. The van der Waals surface area contributed by atoms with Crippen molar-refractivity contribution in [1.29, 1.82) is 0 Å². The molecule has 0 spiro atoms. The first-order valence-corrected chi connectivity index (χ1v) is 1.91. The molecule has 1 aromatic rings. The Morgan fingerprint density at radius 2 is 1.38 bits per heavy atom. The smallest absolute Gasteiger partial charge is 0.184 e. The van der Waals surface area contributed by atoms with Crippen LogP contribution < -0.4 is 29.6 Å². The first kappa shape index (κ1) is 11.3. The zero-order chi connectivity index (χ0) is 4.24. The van der Waals surface area contributed by atoms with Gasteiger partial charge in [0.15, 0.2) is 0 Å². The molecular formula is C6H6ClNa. The van der Waals surface area contributed by atoms with Crippen LogP contribution in [-0.4, -0.2) is 0 Å². The van der Waals surface area contributed by atoms with Crippen molar-refractivity contribution in [3.63, 3.8) is 0 Å². The molecular weight excluding hydrogens is 131 g/mol. The van der Waals surface area contributed by atoms with Crippen LogP contribution in [0.25, 0.3) is 0 Å². The van der Waals surface area contributed by atoms with Gasteiger partial charge >= 0.3 is 29.6 Å². The first-order chi connectivity index (χ1) is 3.00. The molecule has 0 aromatic heterocycles. The summed E-state index contributed by atoms with van der Waals surface area (Å²) in [5, 5.41) is 0. The molecule has 0 unspecified atom stereocenters. The van der Waals surface area contributed by atoms with Crippen molar-refractivity contribution in [2.45, 2.75) is 0 Å². The Morgan fingerprint density at radius 3 is 1.50 bits per heavy atom. The van der Waals surface area contributed by atoms with E-state index in [1.54, 1.807) is 0 Å². The van der Waals surface area contributed by atoms with Gasteiger partial charge in [0, 0.05) is 0 Å². The van der Waals surface area contributed by atoms with E-state index in [-0.39, 0.29) is 42.0 Å². The third-order valence-electron chi connectivity index (χ3n) is 0.607. The fourth-order valence-corrected chi connectivity index (χ4v) is 0.342. The summed E-state index contributed by atoms with van der Waals surface area (Å²) in [6.45, 7) is 0. The summed E-state index contributed by atoms with van der Waals surface area (Å²) < 4.78 is 0. The second kappa shape index (κ2) is 7.51. The normalized spacial score (nSPS) is 6.00. The largest absolute Gasteiger partial charge is 1.00 e. The second-order valence-corrected chi connectivity index (χ2v) is 1.08. The van der Waals surface area contributed by atoms with Gasteiger partial charge in [-0.3, -0.25) is 0 Å². The van der Waals surface area contributed by atoms with Gasteiger partial charge in [-0.05, 0) is 0 Å². The number of benzene rings is 1. The van der Waals surface area contributed by atoms with E-state index in [0.717, 1.165) is 0 Å². The molecule has 0 aliphatic carbocycles. The summed E-state index contributed by atoms with van der Waals surface area (Å²) in [7, 11) is 0. The van der Waals surface area contributed by atoms with Gasteiger partial charge in [0.05, 0.1) is 0 Å². The summed E-state index contributed by atoms with van der Waals surface area (Å²) in [5.41, 5.74) is 0. The van der Waals surface area contributed by atoms with Crippen molar-refractivity contribution in [1.82, 2.24) is 0 Å². The van der Waals surface area contributed by atoms with Crippen LogP contribution in [0, 0.1) is 6.07 Å². The van der Waals surface area contributed by atoms with Crippen LogP contribution in [0.2, 0.25) is 0 Å².